The highest BCUT2D eigenvalue weighted by Crippen LogP contribution is 2.40. The van der Waals surface area contributed by atoms with E-state index in [1.165, 1.54) is 18.2 Å². The van der Waals surface area contributed by atoms with Gasteiger partial charge in [0.05, 0.1) is 12.7 Å². The van der Waals surface area contributed by atoms with Gasteiger partial charge in [-0.3, -0.25) is 4.79 Å². The zero-order valence-electron chi connectivity index (χ0n) is 21.2. The van der Waals surface area contributed by atoms with Crippen molar-refractivity contribution in [2.24, 2.45) is 5.92 Å². The predicted molar refractivity (Wildman–Crippen MR) is 144 cm³/mol. The van der Waals surface area contributed by atoms with E-state index in [2.05, 4.69) is 0 Å². The Labute approximate surface area is 233 Å². The standard InChI is InChI=1S/C30H23F4NO5S/c31-23-11-13-24(29(37)35-41(38,39)30(32,33)34)26(16-23)21-10-12-25-27(15-21)40-17-22(28(25)36)14-18-6-8-20(9-7-18)19-4-2-1-3-5-19/h1-13,15-16,22,28,36H,14,17H2,(H,35,37)/t22-,28+/m1/s1. The molecule has 0 saturated heterocycles. The van der Waals surface area contributed by atoms with E-state index in [9.17, 15) is 35.9 Å². The number of amides is 1. The number of hydrogen-bond acceptors (Lipinski definition) is 5. The van der Waals surface area contributed by atoms with Gasteiger partial charge in [0.15, 0.2) is 0 Å². The number of carbonyl (C=O) groups excluding carboxylic acids is 1. The Bertz CT molecular complexity index is 1690. The molecule has 0 unspecified atom stereocenters. The molecular weight excluding hydrogens is 562 g/mol. The first-order valence-electron chi connectivity index (χ1n) is 12.5. The molecule has 0 radical (unpaired) electrons. The maximum atomic E-state index is 14.1. The van der Waals surface area contributed by atoms with Gasteiger partial charge < -0.3 is 9.84 Å². The van der Waals surface area contributed by atoms with E-state index in [0.29, 0.717) is 12.0 Å². The number of ether oxygens (including phenoxy) is 1. The number of hydrogen-bond donors (Lipinski definition) is 2. The highest BCUT2D eigenvalue weighted by atomic mass is 32.2. The molecular formula is C30H23F4NO5S. The van der Waals surface area contributed by atoms with Gasteiger partial charge in [0.25, 0.3) is 5.91 Å². The maximum absolute atomic E-state index is 14.1. The van der Waals surface area contributed by atoms with E-state index in [1.807, 2.05) is 54.6 Å². The second kappa shape index (κ2) is 11.0. The zero-order chi connectivity index (χ0) is 29.4. The lowest BCUT2D eigenvalue weighted by atomic mass is 9.86. The highest BCUT2D eigenvalue weighted by Gasteiger charge is 2.47. The molecule has 0 fully saturated rings. The van der Waals surface area contributed by atoms with Crippen LogP contribution in [-0.4, -0.2) is 31.5 Å². The minimum atomic E-state index is -5.98. The van der Waals surface area contributed by atoms with Crippen LogP contribution in [0.25, 0.3) is 22.3 Å². The molecule has 1 heterocycles. The van der Waals surface area contributed by atoms with Gasteiger partial charge in [-0.05, 0) is 58.5 Å². The Morgan fingerprint density at radius 1 is 0.902 bits per heavy atom. The monoisotopic (exact) mass is 585 g/mol. The van der Waals surface area contributed by atoms with Crippen molar-refractivity contribution in [3.63, 3.8) is 0 Å². The second-order valence-corrected chi connectivity index (χ2v) is 11.3. The lowest BCUT2D eigenvalue weighted by Gasteiger charge is -2.31. The first-order chi connectivity index (χ1) is 19.4. The Morgan fingerprint density at radius 2 is 1.56 bits per heavy atom. The third kappa shape index (κ3) is 5.96. The molecule has 1 amide bonds. The summed E-state index contributed by atoms with van der Waals surface area (Å²) in [5.41, 5.74) is -2.57. The molecule has 0 spiro atoms. The molecule has 0 saturated carbocycles. The van der Waals surface area contributed by atoms with Gasteiger partial charge >= 0.3 is 15.5 Å². The van der Waals surface area contributed by atoms with E-state index >= 15 is 0 Å². The molecule has 0 bridgehead atoms. The van der Waals surface area contributed by atoms with E-state index in [0.717, 1.165) is 39.6 Å². The number of benzene rings is 4. The summed E-state index contributed by atoms with van der Waals surface area (Å²) < 4.78 is 82.2. The number of aliphatic hydroxyl groups is 1. The fourth-order valence-electron chi connectivity index (χ4n) is 4.74. The summed E-state index contributed by atoms with van der Waals surface area (Å²) in [4.78, 5) is 12.5. The molecule has 2 N–H and O–H groups in total. The van der Waals surface area contributed by atoms with Gasteiger partial charge in [0.2, 0.25) is 0 Å². The van der Waals surface area contributed by atoms with Gasteiger partial charge in [-0.15, -0.1) is 0 Å². The van der Waals surface area contributed by atoms with Crippen molar-refractivity contribution in [3.8, 4) is 28.0 Å². The van der Waals surface area contributed by atoms with E-state index in [-0.39, 0.29) is 29.4 Å². The molecule has 2 atom stereocenters. The minimum absolute atomic E-state index is 0.151. The lowest BCUT2D eigenvalue weighted by molar-refractivity contribution is -0.0446. The van der Waals surface area contributed by atoms with Crippen molar-refractivity contribution < 1.29 is 40.6 Å². The van der Waals surface area contributed by atoms with Crippen molar-refractivity contribution in [1.29, 1.82) is 0 Å². The molecule has 0 aliphatic carbocycles. The van der Waals surface area contributed by atoms with Gasteiger partial charge in [0, 0.05) is 17.0 Å². The van der Waals surface area contributed by atoms with Gasteiger partial charge in [-0.1, -0.05) is 66.7 Å². The number of halogens is 4. The molecule has 6 nitrogen and oxygen atoms in total. The molecule has 212 valence electrons. The summed E-state index contributed by atoms with van der Waals surface area (Å²) in [5.74, 6) is -2.40. The number of nitrogens with one attached hydrogen (secondary N) is 1. The first-order valence-corrected chi connectivity index (χ1v) is 13.9. The fraction of sp³-hybridized carbons (Fsp3) is 0.167. The van der Waals surface area contributed by atoms with E-state index < -0.39 is 38.9 Å². The van der Waals surface area contributed by atoms with Crippen molar-refractivity contribution in [3.05, 3.63) is 114 Å². The van der Waals surface area contributed by atoms with Crippen LogP contribution in [0.2, 0.25) is 0 Å². The molecule has 11 heteroatoms. The van der Waals surface area contributed by atoms with Crippen LogP contribution in [0.3, 0.4) is 0 Å². The highest BCUT2D eigenvalue weighted by molar-refractivity contribution is 7.90. The lowest BCUT2D eigenvalue weighted by Crippen LogP contribution is -2.40. The van der Waals surface area contributed by atoms with Crippen molar-refractivity contribution >= 4 is 15.9 Å². The van der Waals surface area contributed by atoms with Gasteiger partial charge in [-0.25, -0.2) is 9.11 Å². The third-order valence-corrected chi connectivity index (χ3v) is 7.92. The number of rotatable bonds is 6. The average molecular weight is 586 g/mol. The summed E-state index contributed by atoms with van der Waals surface area (Å²) in [6, 6.07) is 24.9. The van der Waals surface area contributed by atoms with Crippen LogP contribution in [0.15, 0.2) is 91.0 Å². The fourth-order valence-corrected chi connectivity index (χ4v) is 5.21. The Morgan fingerprint density at radius 3 is 2.24 bits per heavy atom. The molecule has 1 aliphatic heterocycles. The van der Waals surface area contributed by atoms with E-state index in [1.54, 1.807) is 0 Å². The zero-order valence-corrected chi connectivity index (χ0v) is 22.0. The first kappa shape index (κ1) is 28.3. The quantitative estimate of drug-likeness (QED) is 0.270. The van der Waals surface area contributed by atoms with Crippen molar-refractivity contribution in [2.45, 2.75) is 18.0 Å². The molecule has 1 aliphatic rings. The number of alkyl halides is 3. The average Bonchev–Trinajstić information content (AvgIpc) is 2.94. The number of fused-ring (bicyclic) bond motifs is 1. The second-order valence-electron chi connectivity index (χ2n) is 9.61. The third-order valence-electron chi connectivity index (χ3n) is 6.86. The maximum Gasteiger partial charge on any atom is 0.516 e. The molecule has 41 heavy (non-hydrogen) atoms. The topological polar surface area (TPSA) is 92.7 Å². The number of carbonyl (C=O) groups is 1. The molecule has 4 aromatic carbocycles. The van der Waals surface area contributed by atoms with E-state index in [4.69, 9.17) is 4.74 Å². The Hall–Kier alpha value is -4.22. The van der Waals surface area contributed by atoms with Crippen molar-refractivity contribution in [2.75, 3.05) is 6.61 Å². The van der Waals surface area contributed by atoms with Crippen LogP contribution < -0.4 is 9.46 Å². The summed E-state index contributed by atoms with van der Waals surface area (Å²) >= 11 is 0. The SMILES string of the molecule is O=C(NS(=O)(=O)C(F)(F)F)c1ccc(F)cc1-c1ccc2c(c1)OC[C@@H](Cc1ccc(-c3ccccc3)cc1)[C@@H]2O. The molecule has 4 aromatic rings. The van der Waals surface area contributed by atoms with Crippen LogP contribution in [-0.2, 0) is 16.4 Å². The number of aliphatic hydroxyl groups excluding tert-OH is 1. The minimum Gasteiger partial charge on any atom is -0.493 e. The van der Waals surface area contributed by atoms with Gasteiger partial charge in [0.1, 0.15) is 11.6 Å². The summed E-state index contributed by atoms with van der Waals surface area (Å²) in [5, 5.41) is 11.1. The molecule has 0 aromatic heterocycles. The van der Waals surface area contributed by atoms with Crippen molar-refractivity contribution in [1.82, 2.24) is 4.72 Å². The smallest absolute Gasteiger partial charge is 0.493 e. The Kier molecular flexibility index (Phi) is 7.58. The van der Waals surface area contributed by atoms with Crippen LogP contribution >= 0.6 is 0 Å². The summed E-state index contributed by atoms with van der Waals surface area (Å²) in [6.07, 6.45) is -0.381. The molecule has 5 rings (SSSR count). The predicted octanol–water partition coefficient (Wildman–Crippen LogP) is 6.02. The Balaban J connectivity index is 1.36. The summed E-state index contributed by atoms with van der Waals surface area (Å²) in [7, 11) is -5.98. The van der Waals surface area contributed by atoms with Crippen LogP contribution in [0, 0.1) is 11.7 Å². The number of sulfonamides is 1. The van der Waals surface area contributed by atoms with Gasteiger partial charge in [-0.2, -0.15) is 21.6 Å². The summed E-state index contributed by atoms with van der Waals surface area (Å²) in [6.45, 7) is 0.151. The van der Waals surface area contributed by atoms with Crippen LogP contribution in [0.5, 0.6) is 5.75 Å². The largest absolute Gasteiger partial charge is 0.516 e. The van der Waals surface area contributed by atoms with Crippen LogP contribution in [0.4, 0.5) is 17.6 Å². The van der Waals surface area contributed by atoms with Crippen LogP contribution in [0.1, 0.15) is 27.6 Å². The normalized spacial score (nSPS) is 16.9.